The molecule has 0 amide bonds. The highest BCUT2D eigenvalue weighted by atomic mass is 14.7. The van der Waals surface area contributed by atoms with Crippen LogP contribution in [0.3, 0.4) is 0 Å². The standard InChI is InChI=1S/C39H34BN/c1-23-19-25(3)36(26(4)20-23)40(37-27(5)21-24(2)22-28(37)6)39-34-18-16-29-11-7-9-13-31(29)35(34)33-17-15-30-12-8-10-14-32(30)38(33)41-39/h7-22H,1-6H3. The molecule has 0 atom stereocenters. The molecule has 198 valence electrons. The molecule has 0 aliphatic heterocycles. The zero-order chi connectivity index (χ0) is 28.4. The SMILES string of the molecule is Cc1cc(C)c(B(c2c(C)cc(C)cc2C)c2nc3c4ccccc4ccc3c3c2ccc2ccccc23)c(C)c1. The first-order chi connectivity index (χ1) is 19.8. The molecule has 0 spiro atoms. The van der Waals surface area contributed by atoms with E-state index in [2.05, 4.69) is 139 Å². The molecule has 0 unspecified atom stereocenters. The average molecular weight is 528 g/mol. The zero-order valence-electron chi connectivity index (χ0n) is 24.8. The van der Waals surface area contributed by atoms with Gasteiger partial charge in [0.2, 0.25) is 0 Å². The summed E-state index contributed by atoms with van der Waals surface area (Å²) in [6, 6.07) is 35.9. The summed E-state index contributed by atoms with van der Waals surface area (Å²) in [6.07, 6.45) is 0. The molecule has 0 bridgehead atoms. The van der Waals surface area contributed by atoms with Gasteiger partial charge in [-0.25, -0.2) is 0 Å². The van der Waals surface area contributed by atoms with Gasteiger partial charge in [0.1, 0.15) is 0 Å². The molecule has 0 saturated carbocycles. The lowest BCUT2D eigenvalue weighted by atomic mass is 9.35. The molecular weight excluding hydrogens is 493 g/mol. The van der Waals surface area contributed by atoms with E-state index in [0.717, 1.165) is 11.1 Å². The third kappa shape index (κ3) is 4.04. The van der Waals surface area contributed by atoms with Gasteiger partial charge in [0, 0.05) is 16.4 Å². The van der Waals surface area contributed by atoms with Crippen LogP contribution in [-0.2, 0) is 0 Å². The van der Waals surface area contributed by atoms with Crippen LogP contribution in [0.25, 0.3) is 43.2 Å². The molecule has 0 N–H and O–H groups in total. The van der Waals surface area contributed by atoms with Crippen LogP contribution in [0.4, 0.5) is 0 Å². The largest absolute Gasteiger partial charge is 0.267 e. The maximum atomic E-state index is 5.70. The second-order valence-corrected chi connectivity index (χ2v) is 11.9. The molecule has 41 heavy (non-hydrogen) atoms. The monoisotopic (exact) mass is 527 g/mol. The van der Waals surface area contributed by atoms with E-state index in [9.17, 15) is 0 Å². The van der Waals surface area contributed by atoms with Crippen molar-refractivity contribution in [3.63, 3.8) is 0 Å². The molecule has 1 nitrogen and oxygen atoms in total. The Morgan fingerprint density at radius 2 is 0.927 bits per heavy atom. The molecule has 0 radical (unpaired) electrons. The van der Waals surface area contributed by atoms with E-state index in [-0.39, 0.29) is 6.71 Å². The Labute approximate surface area is 243 Å². The van der Waals surface area contributed by atoms with Gasteiger partial charge in [0.05, 0.1) is 5.52 Å². The summed E-state index contributed by atoms with van der Waals surface area (Å²) in [6.45, 7) is 13.5. The number of hydrogen-bond acceptors (Lipinski definition) is 1. The Bertz CT molecular complexity index is 2070. The van der Waals surface area contributed by atoms with Crippen LogP contribution < -0.4 is 16.5 Å². The highest BCUT2D eigenvalue weighted by molar-refractivity contribution is 6.97. The van der Waals surface area contributed by atoms with Crippen molar-refractivity contribution >= 4 is 66.5 Å². The Balaban J connectivity index is 1.73. The van der Waals surface area contributed by atoms with Crippen LogP contribution in [0.5, 0.6) is 0 Å². The fraction of sp³-hybridized carbons (Fsp3) is 0.154. The maximum Gasteiger partial charge on any atom is 0.267 e. The van der Waals surface area contributed by atoms with Crippen molar-refractivity contribution in [1.82, 2.24) is 4.98 Å². The number of aryl methyl sites for hydroxylation is 6. The number of nitrogens with zero attached hydrogens (tertiary/aromatic N) is 1. The molecule has 6 aromatic carbocycles. The minimum atomic E-state index is 0.00299. The Kier molecular flexibility index (Phi) is 5.98. The summed E-state index contributed by atoms with van der Waals surface area (Å²) in [7, 11) is 0. The van der Waals surface area contributed by atoms with Gasteiger partial charge in [-0.1, -0.05) is 141 Å². The van der Waals surface area contributed by atoms with E-state index in [1.54, 1.807) is 0 Å². The molecule has 0 aliphatic rings. The minimum Gasteiger partial charge on any atom is -0.261 e. The Hall–Kier alpha value is -4.43. The van der Waals surface area contributed by atoms with Crippen molar-refractivity contribution in [3.8, 4) is 0 Å². The van der Waals surface area contributed by atoms with Crippen LogP contribution in [0.2, 0.25) is 0 Å². The summed E-state index contributed by atoms with van der Waals surface area (Å²) < 4.78 is 0. The number of fused-ring (bicyclic) bond motifs is 7. The summed E-state index contributed by atoms with van der Waals surface area (Å²) in [4.78, 5) is 5.70. The number of pyridine rings is 1. The second-order valence-electron chi connectivity index (χ2n) is 11.9. The topological polar surface area (TPSA) is 12.9 Å². The first kappa shape index (κ1) is 25.5. The first-order valence-corrected chi connectivity index (χ1v) is 14.6. The number of rotatable bonds is 3. The van der Waals surface area contributed by atoms with Crippen molar-refractivity contribution in [2.45, 2.75) is 41.5 Å². The first-order valence-electron chi connectivity index (χ1n) is 14.6. The second kappa shape index (κ2) is 9.60. The van der Waals surface area contributed by atoms with Gasteiger partial charge >= 0.3 is 0 Å². The van der Waals surface area contributed by atoms with Crippen LogP contribution in [0, 0.1) is 41.5 Å². The zero-order valence-corrected chi connectivity index (χ0v) is 24.8. The predicted molar refractivity (Wildman–Crippen MR) is 180 cm³/mol. The normalized spacial score (nSPS) is 11.7. The minimum absolute atomic E-state index is 0.00299. The van der Waals surface area contributed by atoms with Crippen molar-refractivity contribution in [2.24, 2.45) is 0 Å². The van der Waals surface area contributed by atoms with Crippen molar-refractivity contribution in [3.05, 3.63) is 130 Å². The lowest BCUT2D eigenvalue weighted by molar-refractivity contribution is 1.33. The molecule has 0 saturated heterocycles. The van der Waals surface area contributed by atoms with Crippen LogP contribution in [0.15, 0.2) is 97.1 Å². The Morgan fingerprint density at radius 1 is 0.463 bits per heavy atom. The molecule has 1 heterocycles. The predicted octanol–water partition coefficient (Wildman–Crippen LogP) is 8.06. The molecular formula is C39H34BN. The molecule has 0 aliphatic carbocycles. The maximum absolute atomic E-state index is 5.70. The van der Waals surface area contributed by atoms with Gasteiger partial charge in [0.15, 0.2) is 0 Å². The van der Waals surface area contributed by atoms with E-state index >= 15 is 0 Å². The van der Waals surface area contributed by atoms with Crippen molar-refractivity contribution in [2.75, 3.05) is 0 Å². The van der Waals surface area contributed by atoms with Crippen molar-refractivity contribution < 1.29 is 0 Å². The van der Waals surface area contributed by atoms with Gasteiger partial charge in [-0.2, -0.15) is 0 Å². The van der Waals surface area contributed by atoms with Crippen LogP contribution in [0.1, 0.15) is 33.4 Å². The summed E-state index contributed by atoms with van der Waals surface area (Å²) in [5, 5.41) is 8.71. The van der Waals surface area contributed by atoms with E-state index in [1.165, 1.54) is 82.0 Å². The lowest BCUT2D eigenvalue weighted by Gasteiger charge is -2.26. The Morgan fingerprint density at radius 3 is 1.49 bits per heavy atom. The fourth-order valence-corrected chi connectivity index (χ4v) is 7.46. The molecule has 7 rings (SSSR count). The molecule has 0 fully saturated rings. The van der Waals surface area contributed by atoms with Crippen LogP contribution in [-0.4, -0.2) is 11.7 Å². The van der Waals surface area contributed by atoms with Crippen molar-refractivity contribution in [1.29, 1.82) is 0 Å². The molecule has 2 heteroatoms. The highest BCUT2D eigenvalue weighted by Crippen LogP contribution is 2.34. The van der Waals surface area contributed by atoms with E-state index in [4.69, 9.17) is 4.98 Å². The molecule has 1 aromatic heterocycles. The van der Waals surface area contributed by atoms with Gasteiger partial charge in [-0.3, -0.25) is 4.98 Å². The quantitative estimate of drug-likeness (QED) is 0.167. The van der Waals surface area contributed by atoms with Gasteiger partial charge in [-0.15, -0.1) is 0 Å². The number of aromatic nitrogens is 1. The smallest absolute Gasteiger partial charge is 0.261 e. The fourth-order valence-electron chi connectivity index (χ4n) is 7.46. The number of benzene rings is 6. The van der Waals surface area contributed by atoms with E-state index in [0.29, 0.717) is 0 Å². The van der Waals surface area contributed by atoms with Gasteiger partial charge < -0.3 is 0 Å². The average Bonchev–Trinajstić information content (AvgIpc) is 2.94. The third-order valence-corrected chi connectivity index (χ3v) is 8.93. The van der Waals surface area contributed by atoms with Gasteiger partial charge in [-0.05, 0) is 68.5 Å². The van der Waals surface area contributed by atoms with E-state index in [1.807, 2.05) is 0 Å². The number of hydrogen-bond donors (Lipinski definition) is 0. The van der Waals surface area contributed by atoms with E-state index < -0.39 is 0 Å². The third-order valence-electron chi connectivity index (χ3n) is 8.93. The summed E-state index contributed by atoms with van der Waals surface area (Å²) >= 11 is 0. The summed E-state index contributed by atoms with van der Waals surface area (Å²) in [5.74, 6) is 0. The lowest BCUT2D eigenvalue weighted by Crippen LogP contribution is -2.57. The van der Waals surface area contributed by atoms with Crippen LogP contribution >= 0.6 is 0 Å². The summed E-state index contributed by atoms with van der Waals surface area (Å²) in [5.41, 5.74) is 12.8. The molecule has 7 aromatic rings. The van der Waals surface area contributed by atoms with Gasteiger partial charge in [0.25, 0.3) is 6.71 Å². The highest BCUT2D eigenvalue weighted by Gasteiger charge is 2.32.